The molecule has 1 aliphatic rings. The largest absolute Gasteiger partial charge is 0.428 e. The average molecular weight is 557 g/mol. The van der Waals surface area contributed by atoms with E-state index in [1.807, 2.05) is 0 Å². The van der Waals surface area contributed by atoms with E-state index >= 15 is 0 Å². The Balaban J connectivity index is 1.82. The first-order valence-corrected chi connectivity index (χ1v) is 10.8. The predicted octanol–water partition coefficient (Wildman–Crippen LogP) is 5.27. The van der Waals surface area contributed by atoms with Crippen molar-refractivity contribution < 1.29 is 57.5 Å². The van der Waals surface area contributed by atoms with Crippen molar-refractivity contribution in [1.82, 2.24) is 0 Å². The van der Waals surface area contributed by atoms with Gasteiger partial charge in [-0.05, 0) is 36.4 Å². The number of amides is 1. The third-order valence-corrected chi connectivity index (χ3v) is 6.37. The van der Waals surface area contributed by atoms with E-state index < -0.39 is 56.2 Å². The predicted molar refractivity (Wildman–Crippen MR) is 102 cm³/mol. The summed E-state index contributed by atoms with van der Waals surface area (Å²) in [6.07, 6.45) is -6.38. The molecule has 1 fully saturated rings. The molecule has 2 N–H and O–H groups in total. The Labute approximate surface area is 195 Å². The highest BCUT2D eigenvalue weighted by molar-refractivity contribution is 7.92. The second-order valence-electron chi connectivity index (χ2n) is 7.00. The Morgan fingerprint density at radius 2 is 1.43 bits per heavy atom. The molecule has 17 heteroatoms. The number of alkyl halides is 9. The molecule has 192 valence electrons. The van der Waals surface area contributed by atoms with Crippen LogP contribution in [-0.4, -0.2) is 44.1 Å². The highest BCUT2D eigenvalue weighted by Gasteiger charge is 2.96. The normalized spacial score (nSPS) is 23.0. The summed E-state index contributed by atoms with van der Waals surface area (Å²) >= 11 is 5.83. The summed E-state index contributed by atoms with van der Waals surface area (Å²) in [6.45, 7) is 0. The standard InChI is InChI=1S/C18H10ClF9N2O4S/c19-11-3-1-2-4-12(11)30-35(32,33)10-7-5-9(6-8-10)29-13(31)14(20,21)17(26)15(22,23)16(24,25)18(27,28)34-17/h1-8,30H,(H,29,31)/t17-/m1/s1. The van der Waals surface area contributed by atoms with Gasteiger partial charge in [0.05, 0.1) is 15.6 Å². The van der Waals surface area contributed by atoms with E-state index in [1.165, 1.54) is 24.3 Å². The molecule has 1 amide bonds. The third kappa shape index (κ3) is 4.06. The van der Waals surface area contributed by atoms with Crippen LogP contribution in [0.1, 0.15) is 0 Å². The van der Waals surface area contributed by atoms with Crippen LogP contribution >= 0.6 is 11.6 Å². The van der Waals surface area contributed by atoms with E-state index in [9.17, 15) is 52.7 Å². The summed E-state index contributed by atoms with van der Waals surface area (Å²) < 4.78 is 151. The smallest absolute Gasteiger partial charge is 0.321 e. The first kappa shape index (κ1) is 26.9. The number of hydrogen-bond acceptors (Lipinski definition) is 4. The average Bonchev–Trinajstić information content (AvgIpc) is 2.84. The van der Waals surface area contributed by atoms with Gasteiger partial charge in [-0.25, -0.2) is 8.42 Å². The Morgan fingerprint density at radius 1 is 0.886 bits per heavy atom. The second-order valence-corrected chi connectivity index (χ2v) is 9.09. The minimum atomic E-state index is -6.83. The Morgan fingerprint density at radius 3 is 1.91 bits per heavy atom. The molecule has 1 atom stereocenters. The lowest BCUT2D eigenvalue weighted by atomic mass is 9.99. The lowest BCUT2D eigenvalue weighted by Gasteiger charge is -2.31. The number of para-hydroxylation sites is 1. The molecule has 1 heterocycles. The van der Waals surface area contributed by atoms with E-state index in [0.717, 1.165) is 17.4 Å². The SMILES string of the molecule is O=C(Nc1ccc(S(=O)(=O)Nc2ccccc2Cl)cc1)C(F)(F)[C@@]1(F)OC(F)(F)C(F)(F)C1(F)F. The van der Waals surface area contributed by atoms with Gasteiger partial charge in [0, 0.05) is 5.69 Å². The van der Waals surface area contributed by atoms with Crippen molar-refractivity contribution in [1.29, 1.82) is 0 Å². The zero-order chi connectivity index (χ0) is 26.7. The van der Waals surface area contributed by atoms with Crippen LogP contribution in [0.4, 0.5) is 50.9 Å². The lowest BCUT2D eigenvalue weighted by molar-refractivity contribution is -0.366. The van der Waals surface area contributed by atoms with Gasteiger partial charge in [-0.1, -0.05) is 23.7 Å². The number of sulfonamides is 1. The molecule has 0 aromatic heterocycles. The summed E-state index contributed by atoms with van der Waals surface area (Å²) in [5, 5.41) is 1.16. The molecular weight excluding hydrogens is 547 g/mol. The topological polar surface area (TPSA) is 84.5 Å². The van der Waals surface area contributed by atoms with E-state index in [1.54, 1.807) is 0 Å². The molecule has 0 unspecified atom stereocenters. The highest BCUT2D eigenvalue weighted by atomic mass is 35.5. The van der Waals surface area contributed by atoms with Crippen LogP contribution in [0, 0.1) is 0 Å². The summed E-state index contributed by atoms with van der Waals surface area (Å²) in [5.74, 6) is -29.3. The molecular formula is C18H10ClF9N2O4S. The maximum absolute atomic E-state index is 14.2. The van der Waals surface area contributed by atoms with Crippen molar-refractivity contribution in [2.24, 2.45) is 0 Å². The van der Waals surface area contributed by atoms with Gasteiger partial charge in [0.25, 0.3) is 10.0 Å². The van der Waals surface area contributed by atoms with E-state index in [0.29, 0.717) is 12.1 Å². The monoisotopic (exact) mass is 556 g/mol. The molecule has 6 nitrogen and oxygen atoms in total. The van der Waals surface area contributed by atoms with Crippen molar-refractivity contribution in [2.45, 2.75) is 34.6 Å². The summed E-state index contributed by atoms with van der Waals surface area (Å²) in [5.41, 5.74) is -0.805. The van der Waals surface area contributed by atoms with Crippen LogP contribution < -0.4 is 10.0 Å². The van der Waals surface area contributed by atoms with Gasteiger partial charge in [0.1, 0.15) is 0 Å². The molecule has 0 radical (unpaired) electrons. The number of ether oxygens (including phenoxy) is 1. The summed E-state index contributed by atoms with van der Waals surface area (Å²) in [6, 6.07) is 8.33. The van der Waals surface area contributed by atoms with Gasteiger partial charge in [-0.3, -0.25) is 14.3 Å². The van der Waals surface area contributed by atoms with Crippen molar-refractivity contribution >= 4 is 38.9 Å². The highest BCUT2D eigenvalue weighted by Crippen LogP contribution is 2.64. The molecule has 1 aliphatic heterocycles. The number of anilines is 2. The van der Waals surface area contributed by atoms with Crippen molar-refractivity contribution in [3.05, 3.63) is 53.6 Å². The molecule has 0 bridgehead atoms. The molecule has 2 aromatic rings. The van der Waals surface area contributed by atoms with Crippen molar-refractivity contribution in [3.63, 3.8) is 0 Å². The lowest BCUT2D eigenvalue weighted by Crippen LogP contribution is -2.63. The van der Waals surface area contributed by atoms with Crippen molar-refractivity contribution in [2.75, 3.05) is 10.0 Å². The Hall–Kier alpha value is -2.72. The second kappa shape index (κ2) is 8.16. The fraction of sp³-hybridized carbons (Fsp3) is 0.278. The Kier molecular flexibility index (Phi) is 6.27. The van der Waals surface area contributed by atoms with Crippen LogP contribution in [0.25, 0.3) is 0 Å². The number of rotatable bonds is 6. The fourth-order valence-electron chi connectivity index (χ4n) is 2.77. The van der Waals surface area contributed by atoms with Gasteiger partial charge < -0.3 is 5.32 Å². The van der Waals surface area contributed by atoms with Crippen LogP contribution in [0.15, 0.2) is 53.4 Å². The molecule has 3 rings (SSSR count). The first-order valence-electron chi connectivity index (χ1n) is 8.89. The number of halogens is 10. The number of nitrogens with one attached hydrogen (secondary N) is 2. The van der Waals surface area contributed by atoms with Gasteiger partial charge in [-0.15, -0.1) is 0 Å². The maximum atomic E-state index is 14.2. The zero-order valence-electron chi connectivity index (χ0n) is 16.4. The fourth-order valence-corrected chi connectivity index (χ4v) is 4.09. The van der Waals surface area contributed by atoms with E-state index in [2.05, 4.69) is 9.46 Å². The first-order chi connectivity index (χ1) is 15.8. The van der Waals surface area contributed by atoms with Gasteiger partial charge >= 0.3 is 35.6 Å². The molecule has 2 aromatic carbocycles. The van der Waals surface area contributed by atoms with Gasteiger partial charge in [0.15, 0.2) is 0 Å². The molecule has 0 aliphatic carbocycles. The number of hydrogen-bond donors (Lipinski definition) is 2. The van der Waals surface area contributed by atoms with Crippen LogP contribution in [0.5, 0.6) is 0 Å². The number of benzene rings is 2. The van der Waals surface area contributed by atoms with Crippen LogP contribution in [0.2, 0.25) is 5.02 Å². The minimum absolute atomic E-state index is 0.0180. The van der Waals surface area contributed by atoms with Gasteiger partial charge in [0.2, 0.25) is 0 Å². The van der Waals surface area contributed by atoms with Crippen molar-refractivity contribution in [3.8, 4) is 0 Å². The Bertz CT molecular complexity index is 1260. The van der Waals surface area contributed by atoms with E-state index in [-0.39, 0.29) is 10.7 Å². The van der Waals surface area contributed by atoms with Gasteiger partial charge in [-0.2, -0.15) is 39.5 Å². The molecule has 1 saturated heterocycles. The minimum Gasteiger partial charge on any atom is -0.321 e. The maximum Gasteiger partial charge on any atom is 0.428 e. The number of carbonyl (C=O) groups is 1. The third-order valence-electron chi connectivity index (χ3n) is 4.66. The van der Waals surface area contributed by atoms with E-state index in [4.69, 9.17) is 11.6 Å². The quantitative estimate of drug-likeness (QED) is 0.475. The summed E-state index contributed by atoms with van der Waals surface area (Å²) in [4.78, 5) is 11.2. The molecule has 0 saturated carbocycles. The zero-order valence-corrected chi connectivity index (χ0v) is 18.0. The van der Waals surface area contributed by atoms with Crippen LogP contribution in [-0.2, 0) is 19.6 Å². The molecule has 35 heavy (non-hydrogen) atoms. The van der Waals surface area contributed by atoms with Crippen LogP contribution in [0.3, 0.4) is 0 Å². The summed E-state index contributed by atoms with van der Waals surface area (Å²) in [7, 11) is -4.31. The number of carbonyl (C=O) groups excluding carboxylic acids is 1. The molecule has 0 spiro atoms.